The van der Waals surface area contributed by atoms with Crippen molar-refractivity contribution in [3.05, 3.63) is 132 Å². The van der Waals surface area contributed by atoms with Crippen LogP contribution < -0.4 is 0 Å². The number of pyridine rings is 2. The maximum Gasteiger partial charge on any atom is 0.0790 e. The Hall–Kier alpha value is -4.30. The molecule has 2 heteroatoms. The van der Waals surface area contributed by atoms with Gasteiger partial charge < -0.3 is 0 Å². The normalized spacial score (nSPS) is 11.1. The maximum atomic E-state index is 4.89. The van der Waals surface area contributed by atoms with Crippen molar-refractivity contribution >= 4 is 12.2 Å². The second kappa shape index (κ2) is 9.46. The molecule has 0 aliphatic heterocycles. The minimum absolute atomic E-state index is 0.928. The molecule has 0 saturated carbocycles. The number of rotatable bonds is 5. The van der Waals surface area contributed by atoms with Gasteiger partial charge in [0.2, 0.25) is 0 Å². The largest absolute Gasteiger partial charge is 0.255 e. The lowest BCUT2D eigenvalue weighted by atomic mass is 9.98. The van der Waals surface area contributed by atoms with E-state index < -0.39 is 0 Å². The Bertz CT molecular complexity index is 1390. The second-order valence-corrected chi connectivity index (χ2v) is 8.03. The van der Waals surface area contributed by atoms with Crippen molar-refractivity contribution in [3.63, 3.8) is 0 Å². The van der Waals surface area contributed by atoms with E-state index in [4.69, 9.17) is 9.97 Å². The van der Waals surface area contributed by atoms with Gasteiger partial charge in [-0.1, -0.05) is 103 Å². The molecular formula is C31H24N2. The lowest BCUT2D eigenvalue weighted by Gasteiger charge is -2.11. The summed E-state index contributed by atoms with van der Waals surface area (Å²) in [4.78, 5) is 9.69. The Labute approximate surface area is 195 Å². The summed E-state index contributed by atoms with van der Waals surface area (Å²) in [7, 11) is 0. The van der Waals surface area contributed by atoms with Crippen molar-refractivity contribution < 1.29 is 0 Å². The number of nitrogens with zero attached hydrogens (tertiary/aromatic N) is 2. The fourth-order valence-corrected chi connectivity index (χ4v) is 3.99. The summed E-state index contributed by atoms with van der Waals surface area (Å²) in [5, 5.41) is 0. The van der Waals surface area contributed by atoms with Gasteiger partial charge in [0.05, 0.1) is 11.4 Å². The smallest absolute Gasteiger partial charge is 0.0790 e. The number of benzene rings is 3. The van der Waals surface area contributed by atoms with Crippen molar-refractivity contribution in [2.45, 2.75) is 6.92 Å². The summed E-state index contributed by atoms with van der Waals surface area (Å²) < 4.78 is 0. The van der Waals surface area contributed by atoms with E-state index in [1.165, 1.54) is 0 Å². The van der Waals surface area contributed by atoms with Crippen LogP contribution in [0, 0.1) is 6.92 Å². The number of aromatic nitrogens is 2. The summed E-state index contributed by atoms with van der Waals surface area (Å²) >= 11 is 0. The van der Waals surface area contributed by atoms with Crippen LogP contribution in [0.2, 0.25) is 0 Å². The van der Waals surface area contributed by atoms with E-state index in [-0.39, 0.29) is 0 Å². The third kappa shape index (κ3) is 4.65. The predicted molar refractivity (Wildman–Crippen MR) is 138 cm³/mol. The molecule has 3 aromatic carbocycles. The maximum absolute atomic E-state index is 4.89. The zero-order chi connectivity index (χ0) is 22.5. The minimum atomic E-state index is 0.928. The van der Waals surface area contributed by atoms with Gasteiger partial charge in [0.15, 0.2) is 0 Å². The van der Waals surface area contributed by atoms with Gasteiger partial charge in [-0.2, -0.15) is 0 Å². The van der Waals surface area contributed by atoms with Crippen LogP contribution in [-0.2, 0) is 0 Å². The Morgan fingerprint density at radius 1 is 0.515 bits per heavy atom. The van der Waals surface area contributed by atoms with Gasteiger partial charge >= 0.3 is 0 Å². The molecular weight excluding hydrogens is 400 g/mol. The van der Waals surface area contributed by atoms with Crippen LogP contribution >= 0.6 is 0 Å². The molecule has 2 aromatic heterocycles. The molecule has 0 N–H and O–H groups in total. The van der Waals surface area contributed by atoms with E-state index >= 15 is 0 Å². The lowest BCUT2D eigenvalue weighted by molar-refractivity contribution is 1.24. The lowest BCUT2D eigenvalue weighted by Crippen LogP contribution is -1.94. The molecule has 0 aliphatic carbocycles. The number of hydrogen-bond acceptors (Lipinski definition) is 2. The molecule has 0 bridgehead atoms. The van der Waals surface area contributed by atoms with Crippen LogP contribution in [0.1, 0.15) is 16.7 Å². The first-order chi connectivity index (χ1) is 16.3. The highest BCUT2D eigenvalue weighted by Gasteiger charge is 2.11. The Balaban J connectivity index is 1.59. The van der Waals surface area contributed by atoms with Crippen molar-refractivity contribution in [3.8, 4) is 33.6 Å². The topological polar surface area (TPSA) is 25.8 Å². The molecule has 0 unspecified atom stereocenters. The van der Waals surface area contributed by atoms with Gasteiger partial charge in [-0.05, 0) is 35.7 Å². The van der Waals surface area contributed by atoms with Crippen LogP contribution in [0.25, 0.3) is 45.8 Å². The molecule has 33 heavy (non-hydrogen) atoms. The number of hydrogen-bond donors (Lipinski definition) is 0. The summed E-state index contributed by atoms with van der Waals surface area (Å²) in [5.41, 5.74) is 9.66. The molecule has 2 nitrogen and oxygen atoms in total. The molecule has 0 spiro atoms. The van der Waals surface area contributed by atoms with E-state index in [9.17, 15) is 0 Å². The standard InChI is InChI=1S/C31H24N2/c1-23-19-29(22-32-30(23)26-15-9-4-10-16-26)31-27(18-17-24-11-5-2-6-12-24)20-28(21-33-31)25-13-7-3-8-14-25/h2-22H,1H3. The summed E-state index contributed by atoms with van der Waals surface area (Å²) in [6.45, 7) is 2.11. The first-order valence-electron chi connectivity index (χ1n) is 11.1. The minimum Gasteiger partial charge on any atom is -0.255 e. The monoisotopic (exact) mass is 424 g/mol. The molecule has 0 fully saturated rings. The molecule has 5 aromatic rings. The van der Waals surface area contributed by atoms with Gasteiger partial charge in [0, 0.05) is 34.6 Å². The molecule has 0 saturated heterocycles. The Kier molecular flexibility index (Phi) is 5.90. The van der Waals surface area contributed by atoms with Crippen LogP contribution in [0.15, 0.2) is 116 Å². The number of aryl methyl sites for hydroxylation is 1. The quantitative estimate of drug-likeness (QED) is 0.286. The third-order valence-corrected chi connectivity index (χ3v) is 5.68. The van der Waals surface area contributed by atoms with Crippen molar-refractivity contribution in [1.29, 1.82) is 0 Å². The highest BCUT2D eigenvalue weighted by molar-refractivity contribution is 5.82. The highest BCUT2D eigenvalue weighted by atomic mass is 14.7. The summed E-state index contributed by atoms with van der Waals surface area (Å²) in [6, 6.07) is 35.4. The van der Waals surface area contributed by atoms with Crippen molar-refractivity contribution in [2.75, 3.05) is 0 Å². The predicted octanol–water partition coefficient (Wildman–Crippen LogP) is 7.96. The van der Waals surface area contributed by atoms with Gasteiger partial charge in [0.25, 0.3) is 0 Å². The molecule has 2 heterocycles. The van der Waals surface area contributed by atoms with E-state index in [1.54, 1.807) is 0 Å². The van der Waals surface area contributed by atoms with Crippen molar-refractivity contribution in [2.24, 2.45) is 0 Å². The van der Waals surface area contributed by atoms with Crippen LogP contribution in [-0.4, -0.2) is 9.97 Å². The molecule has 0 amide bonds. The average Bonchev–Trinajstić information content (AvgIpc) is 2.89. The van der Waals surface area contributed by atoms with Gasteiger partial charge in [-0.15, -0.1) is 0 Å². The van der Waals surface area contributed by atoms with E-state index in [2.05, 4.69) is 91.9 Å². The fourth-order valence-electron chi connectivity index (χ4n) is 3.99. The van der Waals surface area contributed by atoms with Crippen LogP contribution in [0.4, 0.5) is 0 Å². The summed E-state index contributed by atoms with van der Waals surface area (Å²) in [5.74, 6) is 0. The van der Waals surface area contributed by atoms with E-state index in [1.807, 2.05) is 42.7 Å². The van der Waals surface area contributed by atoms with Crippen LogP contribution in [0.3, 0.4) is 0 Å². The van der Waals surface area contributed by atoms with Gasteiger partial charge in [-0.25, -0.2) is 0 Å². The Morgan fingerprint density at radius 2 is 1.09 bits per heavy atom. The molecule has 5 rings (SSSR count). The first-order valence-corrected chi connectivity index (χ1v) is 11.1. The Morgan fingerprint density at radius 3 is 1.76 bits per heavy atom. The molecule has 0 atom stereocenters. The highest BCUT2D eigenvalue weighted by Crippen LogP contribution is 2.30. The molecule has 158 valence electrons. The first kappa shape index (κ1) is 20.6. The average molecular weight is 425 g/mol. The third-order valence-electron chi connectivity index (χ3n) is 5.68. The zero-order valence-electron chi connectivity index (χ0n) is 18.5. The van der Waals surface area contributed by atoms with Gasteiger partial charge in [-0.3, -0.25) is 9.97 Å². The van der Waals surface area contributed by atoms with Crippen molar-refractivity contribution in [1.82, 2.24) is 9.97 Å². The van der Waals surface area contributed by atoms with Crippen LogP contribution in [0.5, 0.6) is 0 Å². The molecule has 0 radical (unpaired) electrons. The SMILES string of the molecule is Cc1cc(-c2ncc(-c3ccccc3)cc2C=Cc2ccccc2)cnc1-c1ccccc1. The summed E-state index contributed by atoms with van der Waals surface area (Å²) in [6.07, 6.45) is 8.16. The van der Waals surface area contributed by atoms with E-state index in [0.717, 1.165) is 50.3 Å². The zero-order valence-corrected chi connectivity index (χ0v) is 18.5. The van der Waals surface area contributed by atoms with Gasteiger partial charge in [0.1, 0.15) is 0 Å². The van der Waals surface area contributed by atoms with E-state index in [0.29, 0.717) is 0 Å². The second-order valence-electron chi connectivity index (χ2n) is 8.03. The fraction of sp³-hybridized carbons (Fsp3) is 0.0323. The molecule has 0 aliphatic rings.